The zero-order chi connectivity index (χ0) is 24.5. The van der Waals surface area contributed by atoms with Crippen molar-refractivity contribution in [3.8, 4) is 0 Å². The Kier molecular flexibility index (Phi) is 7.93. The number of carboxylic acids is 1. The maximum absolute atomic E-state index is 11.5. The number of nitrogen functional groups attached to an aromatic ring is 1. The first-order valence-electron chi connectivity index (χ1n) is 8.78. The number of aliphatic carboxylic acids is 1. The molecule has 0 saturated heterocycles. The molecule has 0 aliphatic carbocycles. The standard InChI is InChI=1S/C15H22N4O10P2S/c1-8-11(4-5-28-31(26,27)29-30(23,24)25)32-13(15(3,22)14(20)21)19(8)7-10-6-17-9(2)18-12(10)16/h6,22H,4-5,7H2,1-3H3,(H5-,16,17,18,20,21,23,24,25,26,27)/p-2/t15-/m0/s1. The number of phosphoric acid groups is 2. The van der Waals surface area contributed by atoms with E-state index in [0.29, 0.717) is 22.0 Å². The first-order valence-corrected chi connectivity index (χ1v) is 12.6. The lowest BCUT2D eigenvalue weighted by Gasteiger charge is -2.26. The second-order valence-electron chi connectivity index (χ2n) is 6.77. The summed E-state index contributed by atoms with van der Waals surface area (Å²) >= 11 is 0.845. The average molecular weight is 510 g/mol. The second-order valence-corrected chi connectivity index (χ2v) is 10.6. The summed E-state index contributed by atoms with van der Waals surface area (Å²) < 4.78 is 31.4. The molecule has 4 N–H and O–H groups in total. The molecule has 2 heterocycles. The zero-order valence-corrected chi connectivity index (χ0v) is 19.7. The molecule has 0 aromatic carbocycles. The molecular weight excluding hydrogens is 490 g/mol. The molecule has 0 saturated carbocycles. The number of aromatic nitrogens is 3. The number of aliphatic hydroxyl groups is 1. The lowest BCUT2D eigenvalue weighted by molar-refractivity contribution is -0.702. The van der Waals surface area contributed by atoms with Gasteiger partial charge in [-0.2, -0.15) is 4.57 Å². The van der Waals surface area contributed by atoms with Gasteiger partial charge in [0.1, 0.15) is 11.6 Å². The summed E-state index contributed by atoms with van der Waals surface area (Å²) in [4.78, 5) is 50.5. The van der Waals surface area contributed by atoms with Crippen molar-refractivity contribution in [3.63, 3.8) is 0 Å². The van der Waals surface area contributed by atoms with Gasteiger partial charge in [-0.25, -0.2) is 14.3 Å². The number of carbonyl (C=O) groups is 1. The predicted octanol–water partition coefficient (Wildman–Crippen LogP) is -2.46. The number of hydrogen-bond acceptors (Lipinski definition) is 13. The number of aryl methyl sites for hydroxylation is 1. The monoisotopic (exact) mass is 510 g/mol. The highest BCUT2D eigenvalue weighted by atomic mass is 32.1. The fraction of sp³-hybridized carbons (Fsp3) is 0.467. The van der Waals surface area contributed by atoms with E-state index in [-0.39, 0.29) is 23.8 Å². The van der Waals surface area contributed by atoms with Crippen LogP contribution in [-0.4, -0.2) is 32.5 Å². The van der Waals surface area contributed by atoms with Crippen molar-refractivity contribution in [1.29, 1.82) is 0 Å². The van der Waals surface area contributed by atoms with E-state index in [1.54, 1.807) is 13.8 Å². The number of nitrogens with two attached hydrogens (primary N) is 1. The number of hydrogen-bond donors (Lipinski definition) is 3. The minimum Gasteiger partial charge on any atom is -0.756 e. The van der Waals surface area contributed by atoms with Gasteiger partial charge in [0.25, 0.3) is 20.7 Å². The summed E-state index contributed by atoms with van der Waals surface area (Å²) in [5.74, 6) is -1.20. The highest BCUT2D eigenvalue weighted by Gasteiger charge is 2.39. The van der Waals surface area contributed by atoms with Crippen molar-refractivity contribution in [2.24, 2.45) is 0 Å². The third kappa shape index (κ3) is 6.61. The Bertz CT molecular complexity index is 1120. The molecule has 2 aromatic rings. The molecule has 0 amide bonds. The highest BCUT2D eigenvalue weighted by Crippen LogP contribution is 2.52. The largest absolute Gasteiger partial charge is 0.756 e. The molecule has 0 bridgehead atoms. The molecule has 2 rings (SSSR count). The van der Waals surface area contributed by atoms with Crippen LogP contribution in [0.4, 0.5) is 5.82 Å². The quantitative estimate of drug-likeness (QED) is 0.222. The van der Waals surface area contributed by atoms with Gasteiger partial charge in [0, 0.05) is 19.5 Å². The molecule has 17 heteroatoms. The Hall–Kier alpha value is -1.80. The molecule has 3 atom stereocenters. The van der Waals surface area contributed by atoms with Crippen molar-refractivity contribution in [3.05, 3.63) is 33.2 Å². The molecule has 0 radical (unpaired) electrons. The molecule has 0 aliphatic heterocycles. The molecule has 2 unspecified atom stereocenters. The van der Waals surface area contributed by atoms with Crippen LogP contribution < -0.4 is 25.2 Å². The van der Waals surface area contributed by atoms with E-state index in [4.69, 9.17) is 10.6 Å². The predicted molar refractivity (Wildman–Crippen MR) is 102 cm³/mol. The minimum atomic E-state index is -5.57. The summed E-state index contributed by atoms with van der Waals surface area (Å²) in [6.45, 7) is 3.63. The van der Waals surface area contributed by atoms with Crippen molar-refractivity contribution in [2.75, 3.05) is 12.3 Å². The van der Waals surface area contributed by atoms with Gasteiger partial charge in [-0.1, -0.05) is 11.3 Å². The third-order valence-electron chi connectivity index (χ3n) is 4.22. The highest BCUT2D eigenvalue weighted by molar-refractivity contribution is 7.59. The van der Waals surface area contributed by atoms with Crippen molar-refractivity contribution >= 4 is 38.8 Å². The van der Waals surface area contributed by atoms with Crippen LogP contribution in [0.15, 0.2) is 6.20 Å². The third-order valence-corrected chi connectivity index (χ3v) is 7.90. The van der Waals surface area contributed by atoms with Gasteiger partial charge in [0.15, 0.2) is 17.8 Å². The molecule has 0 fully saturated rings. The zero-order valence-electron chi connectivity index (χ0n) is 17.1. The maximum atomic E-state index is 11.5. The first-order chi connectivity index (χ1) is 14.5. The van der Waals surface area contributed by atoms with Gasteiger partial charge in [0.2, 0.25) is 0 Å². The number of rotatable bonds is 10. The summed E-state index contributed by atoms with van der Waals surface area (Å²) in [5, 5.41) is 22.0. The van der Waals surface area contributed by atoms with E-state index >= 15 is 0 Å². The number of anilines is 1. The normalized spacial score (nSPS) is 17.3. The number of nitrogens with zero attached hydrogens (tertiary/aromatic N) is 3. The Morgan fingerprint density at radius 3 is 2.53 bits per heavy atom. The number of carbonyl (C=O) groups excluding carboxylic acids is 1. The SMILES string of the molecule is Cc1ncc(C[n+]2c([C@](C)(O)C(=O)[O-])sc(CCOP(=O)([O-])OP(=O)([O-])O)c2C)c(N)n1. The van der Waals surface area contributed by atoms with Crippen LogP contribution in [0.2, 0.25) is 0 Å². The lowest BCUT2D eigenvalue weighted by atomic mass is 10.1. The smallest absolute Gasteiger partial charge is 0.275 e. The van der Waals surface area contributed by atoms with Gasteiger partial charge >= 0.3 is 0 Å². The van der Waals surface area contributed by atoms with Crippen LogP contribution in [0.5, 0.6) is 0 Å². The van der Waals surface area contributed by atoms with Gasteiger partial charge in [-0.05, 0) is 13.8 Å². The Balaban J connectivity index is 2.36. The fourth-order valence-corrected chi connectivity index (χ4v) is 5.41. The number of thiazole rings is 1. The summed E-state index contributed by atoms with van der Waals surface area (Å²) in [6, 6.07) is 0. The van der Waals surface area contributed by atoms with Crippen LogP contribution in [0.3, 0.4) is 0 Å². The van der Waals surface area contributed by atoms with E-state index in [2.05, 4.69) is 18.8 Å². The van der Waals surface area contributed by atoms with Crippen LogP contribution in [0.25, 0.3) is 0 Å². The molecule has 32 heavy (non-hydrogen) atoms. The van der Waals surface area contributed by atoms with Gasteiger partial charge in [-0.15, -0.1) is 0 Å². The number of carboxylic acid groups (broad SMARTS) is 1. The van der Waals surface area contributed by atoms with Crippen LogP contribution >= 0.6 is 27.0 Å². The van der Waals surface area contributed by atoms with Gasteiger partial charge < -0.3 is 39.9 Å². The van der Waals surface area contributed by atoms with Crippen molar-refractivity contribution < 1.29 is 52.2 Å². The van der Waals surface area contributed by atoms with Crippen molar-refractivity contribution in [2.45, 2.75) is 39.3 Å². The molecule has 0 aliphatic rings. The van der Waals surface area contributed by atoms with E-state index in [1.807, 2.05) is 0 Å². The van der Waals surface area contributed by atoms with Gasteiger partial charge in [-0.3, -0.25) is 9.13 Å². The van der Waals surface area contributed by atoms with E-state index in [0.717, 1.165) is 18.3 Å². The minimum absolute atomic E-state index is 0.0128. The molecule has 178 valence electrons. The maximum Gasteiger partial charge on any atom is 0.275 e. The Labute approximate surface area is 186 Å². The van der Waals surface area contributed by atoms with E-state index in [1.165, 1.54) is 10.8 Å². The van der Waals surface area contributed by atoms with Crippen LogP contribution in [-0.2, 0) is 41.3 Å². The lowest BCUT2D eigenvalue weighted by Crippen LogP contribution is -2.52. The van der Waals surface area contributed by atoms with Crippen LogP contribution in [0, 0.1) is 13.8 Å². The summed E-state index contributed by atoms with van der Waals surface area (Å²) in [7, 11) is -10.9. The molecule has 14 nitrogen and oxygen atoms in total. The van der Waals surface area contributed by atoms with Crippen molar-refractivity contribution in [1.82, 2.24) is 9.97 Å². The Morgan fingerprint density at radius 1 is 1.38 bits per heavy atom. The molecule has 0 spiro atoms. The molecule has 2 aromatic heterocycles. The van der Waals surface area contributed by atoms with Gasteiger partial charge in [0.05, 0.1) is 23.0 Å². The Morgan fingerprint density at radius 2 is 2.00 bits per heavy atom. The summed E-state index contributed by atoms with van der Waals surface area (Å²) in [6.07, 6.45) is 1.31. The number of phosphoric ester groups is 1. The topological polar surface area (TPSA) is 235 Å². The fourth-order valence-electron chi connectivity index (χ4n) is 2.62. The van der Waals surface area contributed by atoms with E-state index < -0.39 is 33.8 Å². The average Bonchev–Trinajstić information content (AvgIpc) is 2.92. The second kappa shape index (κ2) is 9.59. The molecular formula is C15H20N4O10P2S-2. The summed E-state index contributed by atoms with van der Waals surface area (Å²) in [5.41, 5.74) is 4.37. The van der Waals surface area contributed by atoms with Crippen LogP contribution in [0.1, 0.15) is 33.9 Å². The van der Waals surface area contributed by atoms with E-state index in [9.17, 15) is 33.9 Å². The first kappa shape index (κ1) is 26.5.